The van der Waals surface area contributed by atoms with Gasteiger partial charge in [0.1, 0.15) is 0 Å². The maximum atomic E-state index is 10.2. The maximum absolute atomic E-state index is 10.2. The first-order chi connectivity index (χ1) is 6.72. The molecule has 0 aliphatic heterocycles. The highest BCUT2D eigenvalue weighted by molar-refractivity contribution is 5.83. The standard InChI is InChI=1S/C9H16N2O3/c1-2-3-4-5-6-10-7-9(8-12)11(13)14/h7-9H,2-6H2,1H3/t9-/m0/s1. The average molecular weight is 200 g/mol. The van der Waals surface area contributed by atoms with Crippen LogP contribution in [0.2, 0.25) is 0 Å². The van der Waals surface area contributed by atoms with E-state index in [1.807, 2.05) is 0 Å². The summed E-state index contributed by atoms with van der Waals surface area (Å²) in [5, 5.41) is 10.2. The van der Waals surface area contributed by atoms with Crippen LogP contribution in [0.25, 0.3) is 0 Å². The van der Waals surface area contributed by atoms with Crippen LogP contribution >= 0.6 is 0 Å². The van der Waals surface area contributed by atoms with Crippen molar-refractivity contribution in [2.45, 2.75) is 38.6 Å². The Balaban J connectivity index is 3.59. The number of unbranched alkanes of at least 4 members (excludes halogenated alkanes) is 3. The number of aldehydes is 1. The highest BCUT2D eigenvalue weighted by Gasteiger charge is 2.13. The van der Waals surface area contributed by atoms with Crippen molar-refractivity contribution in [1.29, 1.82) is 0 Å². The SMILES string of the molecule is CCCCCCN=C[C@@H](C=O)[N+](=O)[O-]. The van der Waals surface area contributed by atoms with E-state index in [9.17, 15) is 14.9 Å². The van der Waals surface area contributed by atoms with Crippen molar-refractivity contribution in [2.24, 2.45) is 4.99 Å². The van der Waals surface area contributed by atoms with Crippen molar-refractivity contribution in [3.05, 3.63) is 10.1 Å². The molecule has 14 heavy (non-hydrogen) atoms. The summed E-state index contributed by atoms with van der Waals surface area (Å²) < 4.78 is 0. The summed E-state index contributed by atoms with van der Waals surface area (Å²) in [6.07, 6.45) is 5.71. The van der Waals surface area contributed by atoms with E-state index in [-0.39, 0.29) is 6.29 Å². The minimum Gasteiger partial charge on any atom is -0.295 e. The molecule has 80 valence electrons. The van der Waals surface area contributed by atoms with Crippen molar-refractivity contribution in [3.63, 3.8) is 0 Å². The maximum Gasteiger partial charge on any atom is 0.301 e. The Morgan fingerprint density at radius 3 is 2.64 bits per heavy atom. The lowest BCUT2D eigenvalue weighted by Gasteiger charge is -1.95. The number of rotatable bonds is 8. The third kappa shape index (κ3) is 6.28. The Morgan fingerprint density at radius 2 is 2.14 bits per heavy atom. The fourth-order valence-corrected chi connectivity index (χ4v) is 0.952. The first-order valence-corrected chi connectivity index (χ1v) is 4.81. The van der Waals surface area contributed by atoms with E-state index in [0.29, 0.717) is 6.54 Å². The summed E-state index contributed by atoms with van der Waals surface area (Å²) in [7, 11) is 0. The average Bonchev–Trinajstić information content (AvgIpc) is 2.16. The third-order valence-electron chi connectivity index (χ3n) is 1.78. The van der Waals surface area contributed by atoms with E-state index in [1.165, 1.54) is 0 Å². The van der Waals surface area contributed by atoms with E-state index < -0.39 is 11.0 Å². The molecule has 0 N–H and O–H groups in total. The van der Waals surface area contributed by atoms with E-state index in [0.717, 1.165) is 31.9 Å². The van der Waals surface area contributed by atoms with Crippen LogP contribution in [0.4, 0.5) is 0 Å². The molecule has 0 aromatic rings. The van der Waals surface area contributed by atoms with Gasteiger partial charge in [0.2, 0.25) is 0 Å². The van der Waals surface area contributed by atoms with Gasteiger partial charge in [0.05, 0.1) is 6.21 Å². The summed E-state index contributed by atoms with van der Waals surface area (Å²) in [5.74, 6) is 0. The smallest absolute Gasteiger partial charge is 0.295 e. The molecular formula is C9H16N2O3. The Kier molecular flexibility index (Phi) is 7.59. The molecule has 0 saturated carbocycles. The van der Waals surface area contributed by atoms with Gasteiger partial charge < -0.3 is 0 Å². The highest BCUT2D eigenvalue weighted by Crippen LogP contribution is 1.98. The molecular weight excluding hydrogens is 184 g/mol. The number of carbonyl (C=O) groups excluding carboxylic acids is 1. The molecule has 5 heteroatoms. The largest absolute Gasteiger partial charge is 0.301 e. The summed E-state index contributed by atoms with van der Waals surface area (Å²) in [4.78, 5) is 23.5. The van der Waals surface area contributed by atoms with Crippen LogP contribution in [-0.2, 0) is 4.79 Å². The quantitative estimate of drug-likeness (QED) is 0.196. The second kappa shape index (κ2) is 8.34. The first-order valence-electron chi connectivity index (χ1n) is 4.81. The Hall–Kier alpha value is -1.26. The molecule has 0 heterocycles. The third-order valence-corrected chi connectivity index (χ3v) is 1.78. The molecule has 0 aliphatic carbocycles. The van der Waals surface area contributed by atoms with Gasteiger partial charge in [0.25, 0.3) is 0 Å². The van der Waals surface area contributed by atoms with Crippen LogP contribution in [0.15, 0.2) is 4.99 Å². The Bertz CT molecular complexity index is 204. The van der Waals surface area contributed by atoms with Gasteiger partial charge in [-0.1, -0.05) is 26.2 Å². The van der Waals surface area contributed by atoms with Gasteiger partial charge in [-0.15, -0.1) is 0 Å². The van der Waals surface area contributed by atoms with Crippen molar-refractivity contribution in [3.8, 4) is 0 Å². The first kappa shape index (κ1) is 12.7. The molecule has 0 amide bonds. The van der Waals surface area contributed by atoms with Gasteiger partial charge in [-0.2, -0.15) is 0 Å². The van der Waals surface area contributed by atoms with Crippen LogP contribution in [-0.4, -0.2) is 30.0 Å². The lowest BCUT2D eigenvalue weighted by molar-refractivity contribution is -0.485. The van der Waals surface area contributed by atoms with E-state index >= 15 is 0 Å². The zero-order valence-corrected chi connectivity index (χ0v) is 8.39. The molecule has 0 fully saturated rings. The fraction of sp³-hybridized carbons (Fsp3) is 0.778. The van der Waals surface area contributed by atoms with Gasteiger partial charge in [0, 0.05) is 11.5 Å². The van der Waals surface area contributed by atoms with Crippen LogP contribution in [0, 0.1) is 10.1 Å². The second-order valence-corrected chi connectivity index (χ2v) is 3.03. The van der Waals surface area contributed by atoms with Crippen LogP contribution < -0.4 is 0 Å². The molecule has 0 aromatic carbocycles. The van der Waals surface area contributed by atoms with E-state index in [4.69, 9.17) is 0 Å². The number of nitrogens with zero attached hydrogens (tertiary/aromatic N) is 2. The van der Waals surface area contributed by atoms with Crippen molar-refractivity contribution in [1.82, 2.24) is 0 Å². The Morgan fingerprint density at radius 1 is 1.43 bits per heavy atom. The molecule has 0 aliphatic rings. The molecule has 0 bridgehead atoms. The second-order valence-electron chi connectivity index (χ2n) is 3.03. The number of carbonyl (C=O) groups is 1. The predicted molar refractivity (Wildman–Crippen MR) is 54.3 cm³/mol. The predicted octanol–water partition coefficient (Wildman–Crippen LogP) is 1.48. The van der Waals surface area contributed by atoms with E-state index in [1.54, 1.807) is 0 Å². The lowest BCUT2D eigenvalue weighted by atomic mass is 10.2. The van der Waals surface area contributed by atoms with Crippen molar-refractivity contribution < 1.29 is 9.72 Å². The molecule has 0 rings (SSSR count). The fourth-order valence-electron chi connectivity index (χ4n) is 0.952. The van der Waals surface area contributed by atoms with Crippen molar-refractivity contribution in [2.75, 3.05) is 6.54 Å². The molecule has 0 unspecified atom stereocenters. The molecule has 0 aromatic heterocycles. The lowest BCUT2D eigenvalue weighted by Crippen LogP contribution is -2.22. The van der Waals surface area contributed by atoms with Gasteiger partial charge in [0.15, 0.2) is 6.29 Å². The number of hydrogen-bond acceptors (Lipinski definition) is 4. The van der Waals surface area contributed by atoms with Gasteiger partial charge in [-0.05, 0) is 6.42 Å². The zero-order valence-electron chi connectivity index (χ0n) is 8.39. The van der Waals surface area contributed by atoms with Crippen LogP contribution in [0.3, 0.4) is 0 Å². The molecule has 0 saturated heterocycles. The summed E-state index contributed by atoms with van der Waals surface area (Å²) in [6, 6.07) is -1.28. The van der Waals surface area contributed by atoms with Crippen LogP contribution in [0.1, 0.15) is 32.6 Å². The molecule has 5 nitrogen and oxygen atoms in total. The summed E-state index contributed by atoms with van der Waals surface area (Å²) in [5.41, 5.74) is 0. The summed E-state index contributed by atoms with van der Waals surface area (Å²) in [6.45, 7) is 2.68. The van der Waals surface area contributed by atoms with Gasteiger partial charge >= 0.3 is 6.04 Å². The van der Waals surface area contributed by atoms with Crippen molar-refractivity contribution >= 4 is 12.5 Å². The van der Waals surface area contributed by atoms with Crippen LogP contribution in [0.5, 0.6) is 0 Å². The minimum absolute atomic E-state index is 0.287. The highest BCUT2D eigenvalue weighted by atomic mass is 16.6. The van der Waals surface area contributed by atoms with Gasteiger partial charge in [-0.25, -0.2) is 0 Å². The van der Waals surface area contributed by atoms with E-state index in [2.05, 4.69) is 11.9 Å². The zero-order chi connectivity index (χ0) is 10.8. The number of aliphatic imine (C=N–C) groups is 1. The normalized spacial score (nSPS) is 12.9. The molecule has 0 radical (unpaired) electrons. The summed E-state index contributed by atoms with van der Waals surface area (Å²) >= 11 is 0. The molecule has 0 spiro atoms. The topological polar surface area (TPSA) is 72.6 Å². The number of hydrogen-bond donors (Lipinski definition) is 0. The minimum atomic E-state index is -1.28. The van der Waals surface area contributed by atoms with Gasteiger partial charge in [-0.3, -0.25) is 19.9 Å². The Labute approximate surface area is 83.4 Å². The monoisotopic (exact) mass is 200 g/mol. The number of nitro groups is 1. The molecule has 1 atom stereocenters.